The van der Waals surface area contributed by atoms with Crippen LogP contribution in [-0.4, -0.2) is 32.4 Å². The summed E-state index contributed by atoms with van der Waals surface area (Å²) < 4.78 is 0. The number of benzene rings is 4. The van der Waals surface area contributed by atoms with E-state index in [0.29, 0.717) is 22.3 Å². The van der Waals surface area contributed by atoms with Crippen LogP contribution in [0.5, 0.6) is 0 Å². The van der Waals surface area contributed by atoms with Gasteiger partial charge < -0.3 is 20.4 Å². The van der Waals surface area contributed by atoms with Crippen molar-refractivity contribution in [2.75, 3.05) is 0 Å². The van der Waals surface area contributed by atoms with E-state index >= 15 is 0 Å². The molecule has 0 unspecified atom stereocenters. The maximum atomic E-state index is 11.4. The Balaban J connectivity index is 0.000000191. The topological polar surface area (TPSA) is 115 Å². The van der Waals surface area contributed by atoms with Crippen LogP contribution in [0.25, 0.3) is 0 Å². The quantitative estimate of drug-likeness (QED) is 0.348. The normalized spacial score (nSPS) is 11.1. The number of rotatable bonds is 6. The minimum absolute atomic E-state index is 0.346. The molecule has 0 saturated carbocycles. The molecule has 0 bridgehead atoms. The first-order valence-corrected chi connectivity index (χ1v) is 10.4. The third-order valence-electron chi connectivity index (χ3n) is 5.39. The molecule has 0 heterocycles. The summed E-state index contributed by atoms with van der Waals surface area (Å²) in [5, 5.41) is 39.4. The lowest BCUT2D eigenvalue weighted by Gasteiger charge is -2.24. The van der Waals surface area contributed by atoms with Crippen molar-refractivity contribution in [3.8, 4) is 0 Å². The Morgan fingerprint density at radius 2 is 0.588 bits per heavy atom. The fourth-order valence-corrected chi connectivity index (χ4v) is 3.54. The number of aliphatic carboxylic acids is 2. The highest BCUT2D eigenvalue weighted by Crippen LogP contribution is 2.30. The zero-order valence-electron chi connectivity index (χ0n) is 18.2. The molecule has 0 aromatic heterocycles. The summed E-state index contributed by atoms with van der Waals surface area (Å²) >= 11 is 0. The minimum Gasteiger partial charge on any atom is -0.479 e. The molecule has 0 radical (unpaired) electrons. The molecule has 34 heavy (non-hydrogen) atoms. The van der Waals surface area contributed by atoms with Gasteiger partial charge in [0.05, 0.1) is 0 Å². The van der Waals surface area contributed by atoms with Gasteiger partial charge in [0.25, 0.3) is 0 Å². The van der Waals surface area contributed by atoms with Crippen molar-refractivity contribution in [3.05, 3.63) is 144 Å². The maximum Gasteiger partial charge on any atom is 0.345 e. The molecule has 0 aliphatic carbocycles. The Morgan fingerprint density at radius 3 is 0.735 bits per heavy atom. The van der Waals surface area contributed by atoms with Crippen LogP contribution in [0.3, 0.4) is 0 Å². The molecule has 6 nitrogen and oxygen atoms in total. The van der Waals surface area contributed by atoms with Crippen LogP contribution < -0.4 is 0 Å². The Hall–Kier alpha value is -4.26. The number of hydrogen-bond donors (Lipinski definition) is 4. The standard InChI is InChI=1S/2C14H12O3/c2*15-13(16)14(17,11-7-3-1-4-8-11)12-9-5-2-6-10-12/h2*1-10,17H,(H,15,16). The summed E-state index contributed by atoms with van der Waals surface area (Å²) in [6, 6.07) is 33.5. The van der Waals surface area contributed by atoms with Gasteiger partial charge in [-0.25, -0.2) is 9.59 Å². The molecule has 4 aromatic carbocycles. The van der Waals surface area contributed by atoms with Gasteiger partial charge in [-0.15, -0.1) is 0 Å². The monoisotopic (exact) mass is 456 g/mol. The van der Waals surface area contributed by atoms with Crippen LogP contribution in [-0.2, 0) is 20.8 Å². The summed E-state index contributed by atoms with van der Waals surface area (Å²) in [4.78, 5) is 22.7. The number of carboxylic acids is 2. The maximum absolute atomic E-state index is 11.4. The predicted octanol–water partition coefficient (Wildman–Crippen LogP) is 4.01. The van der Waals surface area contributed by atoms with Crippen molar-refractivity contribution < 1.29 is 30.0 Å². The average Bonchev–Trinajstić information content (AvgIpc) is 2.90. The van der Waals surface area contributed by atoms with E-state index in [1.165, 1.54) is 0 Å². The second-order valence-electron chi connectivity index (χ2n) is 7.50. The zero-order chi connectivity index (χ0) is 24.6. The largest absolute Gasteiger partial charge is 0.479 e. The molecule has 172 valence electrons. The van der Waals surface area contributed by atoms with E-state index in [2.05, 4.69) is 0 Å². The number of aliphatic hydroxyl groups is 2. The highest BCUT2D eigenvalue weighted by molar-refractivity contribution is 5.84. The fraction of sp³-hybridized carbons (Fsp3) is 0.0714. The highest BCUT2D eigenvalue weighted by atomic mass is 16.4. The summed E-state index contributed by atoms with van der Waals surface area (Å²) in [6.07, 6.45) is 0. The van der Waals surface area contributed by atoms with Gasteiger partial charge in [0, 0.05) is 0 Å². The lowest BCUT2D eigenvalue weighted by Crippen LogP contribution is -2.36. The fourth-order valence-electron chi connectivity index (χ4n) is 3.54. The lowest BCUT2D eigenvalue weighted by molar-refractivity contribution is -0.155. The molecule has 4 rings (SSSR count). The van der Waals surface area contributed by atoms with Crippen molar-refractivity contribution in [1.82, 2.24) is 0 Å². The zero-order valence-corrected chi connectivity index (χ0v) is 18.2. The van der Waals surface area contributed by atoms with E-state index in [0.717, 1.165) is 0 Å². The van der Waals surface area contributed by atoms with Crippen LogP contribution in [0.15, 0.2) is 121 Å². The number of carboxylic acid groups (broad SMARTS) is 2. The van der Waals surface area contributed by atoms with Gasteiger partial charge >= 0.3 is 11.9 Å². The summed E-state index contributed by atoms with van der Waals surface area (Å²) in [6.45, 7) is 0. The minimum atomic E-state index is -2.00. The van der Waals surface area contributed by atoms with Gasteiger partial charge in [-0.1, -0.05) is 121 Å². The van der Waals surface area contributed by atoms with E-state index in [1.807, 2.05) is 0 Å². The molecule has 0 saturated heterocycles. The van der Waals surface area contributed by atoms with E-state index in [-0.39, 0.29) is 0 Å². The van der Waals surface area contributed by atoms with Crippen LogP contribution in [0.2, 0.25) is 0 Å². The van der Waals surface area contributed by atoms with Crippen LogP contribution in [0, 0.1) is 0 Å². The molecule has 0 aliphatic heterocycles. The first-order chi connectivity index (χ1) is 16.3. The Labute approximate surface area is 197 Å². The van der Waals surface area contributed by atoms with E-state index < -0.39 is 23.1 Å². The smallest absolute Gasteiger partial charge is 0.345 e. The second-order valence-corrected chi connectivity index (χ2v) is 7.50. The van der Waals surface area contributed by atoms with Crippen LogP contribution in [0.4, 0.5) is 0 Å². The summed E-state index contributed by atoms with van der Waals surface area (Å²) in [5.74, 6) is -2.56. The molecule has 4 aromatic rings. The van der Waals surface area contributed by atoms with Crippen molar-refractivity contribution in [3.63, 3.8) is 0 Å². The molecule has 0 atom stereocenters. The van der Waals surface area contributed by atoms with Gasteiger partial charge in [0.2, 0.25) is 11.2 Å². The Kier molecular flexibility index (Phi) is 7.58. The Bertz CT molecular complexity index is 1030. The summed E-state index contributed by atoms with van der Waals surface area (Å²) in [7, 11) is 0. The molecule has 6 heteroatoms. The first kappa shape index (κ1) is 24.4. The molecule has 0 aliphatic rings. The summed E-state index contributed by atoms with van der Waals surface area (Å²) in [5.41, 5.74) is -2.61. The van der Waals surface area contributed by atoms with Crippen LogP contribution >= 0.6 is 0 Å². The van der Waals surface area contributed by atoms with Gasteiger partial charge in [0.15, 0.2) is 0 Å². The van der Waals surface area contributed by atoms with Crippen LogP contribution in [0.1, 0.15) is 22.3 Å². The van der Waals surface area contributed by atoms with E-state index in [1.54, 1.807) is 121 Å². The third-order valence-corrected chi connectivity index (χ3v) is 5.39. The SMILES string of the molecule is O=C(O)C(O)(c1ccccc1)c1ccccc1.O=C(O)C(O)(c1ccccc1)c1ccccc1. The van der Waals surface area contributed by atoms with E-state index in [9.17, 15) is 30.0 Å². The van der Waals surface area contributed by atoms with E-state index in [4.69, 9.17) is 0 Å². The average molecular weight is 456 g/mol. The number of hydrogen-bond acceptors (Lipinski definition) is 4. The predicted molar refractivity (Wildman–Crippen MR) is 127 cm³/mol. The van der Waals surface area contributed by atoms with Crippen molar-refractivity contribution in [2.45, 2.75) is 11.2 Å². The van der Waals surface area contributed by atoms with Gasteiger partial charge in [-0.05, 0) is 22.3 Å². The number of carbonyl (C=O) groups is 2. The van der Waals surface area contributed by atoms with Crippen molar-refractivity contribution >= 4 is 11.9 Å². The van der Waals surface area contributed by atoms with Gasteiger partial charge in [-0.2, -0.15) is 0 Å². The van der Waals surface area contributed by atoms with Gasteiger partial charge in [-0.3, -0.25) is 0 Å². The first-order valence-electron chi connectivity index (χ1n) is 10.4. The molecule has 0 amide bonds. The lowest BCUT2D eigenvalue weighted by atomic mass is 9.86. The molecule has 0 spiro atoms. The molecular formula is C28H24O6. The third kappa shape index (κ3) is 4.88. The highest BCUT2D eigenvalue weighted by Gasteiger charge is 2.40. The van der Waals surface area contributed by atoms with Gasteiger partial charge in [0.1, 0.15) is 0 Å². The molecule has 4 N–H and O–H groups in total. The second kappa shape index (κ2) is 10.6. The van der Waals surface area contributed by atoms with Crippen molar-refractivity contribution in [1.29, 1.82) is 0 Å². The molecular weight excluding hydrogens is 432 g/mol. The molecule has 0 fully saturated rings. The Morgan fingerprint density at radius 1 is 0.412 bits per heavy atom. The van der Waals surface area contributed by atoms with Crippen molar-refractivity contribution in [2.24, 2.45) is 0 Å².